The van der Waals surface area contributed by atoms with Crippen molar-refractivity contribution in [3.8, 4) is 5.88 Å². The number of hydrogen-bond acceptors (Lipinski definition) is 3. The number of nitrogens with one attached hydrogen (secondary N) is 1. The summed E-state index contributed by atoms with van der Waals surface area (Å²) in [6, 6.07) is 3.77. The van der Waals surface area contributed by atoms with Gasteiger partial charge in [-0.25, -0.2) is 4.98 Å². The summed E-state index contributed by atoms with van der Waals surface area (Å²) in [6.45, 7) is 5.93. The first-order chi connectivity index (χ1) is 9.72. The van der Waals surface area contributed by atoms with Gasteiger partial charge in [0.05, 0.1) is 10.7 Å². The third-order valence-electron chi connectivity index (χ3n) is 4.03. The van der Waals surface area contributed by atoms with Gasteiger partial charge in [0.1, 0.15) is 6.10 Å². The van der Waals surface area contributed by atoms with Crippen LogP contribution in [0.1, 0.15) is 51.6 Å². The maximum Gasteiger partial charge on any atom is 0.213 e. The Morgan fingerprint density at radius 3 is 2.95 bits per heavy atom. The van der Waals surface area contributed by atoms with Crippen LogP contribution in [0.25, 0.3) is 0 Å². The van der Waals surface area contributed by atoms with Crippen molar-refractivity contribution < 1.29 is 4.74 Å². The molecule has 0 saturated heterocycles. The van der Waals surface area contributed by atoms with E-state index in [-0.39, 0.29) is 0 Å². The van der Waals surface area contributed by atoms with Gasteiger partial charge in [0.15, 0.2) is 0 Å². The van der Waals surface area contributed by atoms with Crippen molar-refractivity contribution in [2.24, 2.45) is 5.92 Å². The Morgan fingerprint density at radius 2 is 2.20 bits per heavy atom. The molecule has 1 fully saturated rings. The lowest BCUT2D eigenvalue weighted by Gasteiger charge is -2.28. The molecule has 0 amide bonds. The van der Waals surface area contributed by atoms with Crippen molar-refractivity contribution in [2.75, 3.05) is 6.54 Å². The monoisotopic (exact) mass is 296 g/mol. The smallest absolute Gasteiger partial charge is 0.213 e. The van der Waals surface area contributed by atoms with E-state index < -0.39 is 0 Å². The van der Waals surface area contributed by atoms with Crippen LogP contribution in [-0.2, 0) is 6.54 Å². The van der Waals surface area contributed by atoms with Gasteiger partial charge >= 0.3 is 0 Å². The van der Waals surface area contributed by atoms with Gasteiger partial charge in [0.25, 0.3) is 0 Å². The Hall–Kier alpha value is -0.800. The molecule has 0 aromatic carbocycles. The molecule has 0 aliphatic heterocycles. The van der Waals surface area contributed by atoms with E-state index in [1.165, 1.54) is 19.3 Å². The molecular formula is C16H25ClN2O. The molecule has 1 aromatic rings. The summed E-state index contributed by atoms with van der Waals surface area (Å²) in [7, 11) is 0. The second-order valence-corrected chi connectivity index (χ2v) is 5.95. The van der Waals surface area contributed by atoms with Gasteiger partial charge in [-0.1, -0.05) is 38.3 Å². The molecule has 112 valence electrons. The van der Waals surface area contributed by atoms with Crippen LogP contribution < -0.4 is 10.1 Å². The standard InChI is InChI=1S/C16H25ClN2O/c1-3-12-6-5-7-13(10-12)20-16-9-8-14(17)15(19-16)11-18-4-2/h8-9,12-13,18H,3-7,10-11H2,1-2H3. The molecule has 1 aliphatic carbocycles. The maximum absolute atomic E-state index is 6.16. The highest BCUT2D eigenvalue weighted by atomic mass is 35.5. The molecule has 0 spiro atoms. The molecule has 2 unspecified atom stereocenters. The molecule has 1 aliphatic rings. The van der Waals surface area contributed by atoms with Crippen molar-refractivity contribution in [3.05, 3.63) is 22.8 Å². The van der Waals surface area contributed by atoms with Gasteiger partial charge < -0.3 is 10.1 Å². The molecule has 20 heavy (non-hydrogen) atoms. The fraction of sp³-hybridized carbons (Fsp3) is 0.688. The number of pyridine rings is 1. The third kappa shape index (κ3) is 4.35. The molecule has 0 bridgehead atoms. The highest BCUT2D eigenvalue weighted by molar-refractivity contribution is 6.31. The minimum atomic E-state index is 0.314. The third-order valence-corrected chi connectivity index (χ3v) is 4.38. The predicted molar refractivity (Wildman–Crippen MR) is 83.3 cm³/mol. The van der Waals surface area contributed by atoms with Crippen LogP contribution in [-0.4, -0.2) is 17.6 Å². The Bertz CT molecular complexity index is 425. The fourth-order valence-electron chi connectivity index (χ4n) is 2.79. The number of hydrogen-bond donors (Lipinski definition) is 1. The van der Waals surface area contributed by atoms with E-state index in [2.05, 4.69) is 24.1 Å². The van der Waals surface area contributed by atoms with Crippen LogP contribution in [0.2, 0.25) is 5.02 Å². The second-order valence-electron chi connectivity index (χ2n) is 5.54. The molecule has 1 heterocycles. The van der Waals surface area contributed by atoms with Crippen LogP contribution in [0, 0.1) is 5.92 Å². The Labute approximate surface area is 127 Å². The molecule has 3 nitrogen and oxygen atoms in total. The first kappa shape index (κ1) is 15.6. The van der Waals surface area contributed by atoms with E-state index >= 15 is 0 Å². The zero-order valence-electron chi connectivity index (χ0n) is 12.5. The normalized spacial score (nSPS) is 22.8. The molecule has 1 N–H and O–H groups in total. The van der Waals surface area contributed by atoms with Crippen molar-refractivity contribution in [1.29, 1.82) is 0 Å². The molecule has 2 atom stereocenters. The summed E-state index contributed by atoms with van der Waals surface area (Å²) in [4.78, 5) is 4.54. The van der Waals surface area contributed by atoms with Gasteiger partial charge in [-0.3, -0.25) is 0 Å². The summed E-state index contributed by atoms with van der Waals surface area (Å²) in [5, 5.41) is 3.95. The van der Waals surface area contributed by atoms with E-state index in [9.17, 15) is 0 Å². The van der Waals surface area contributed by atoms with Crippen molar-refractivity contribution >= 4 is 11.6 Å². The Kier molecular flexibility index (Phi) is 6.11. The van der Waals surface area contributed by atoms with Crippen LogP contribution in [0.15, 0.2) is 12.1 Å². The number of halogens is 1. The number of nitrogens with zero attached hydrogens (tertiary/aromatic N) is 1. The van der Waals surface area contributed by atoms with Crippen molar-refractivity contribution in [2.45, 2.75) is 58.6 Å². The number of ether oxygens (including phenoxy) is 1. The summed E-state index contributed by atoms with van der Waals surface area (Å²) in [5.41, 5.74) is 0.869. The highest BCUT2D eigenvalue weighted by Gasteiger charge is 2.22. The predicted octanol–water partition coefficient (Wildman–Crippen LogP) is 4.19. The molecular weight excluding hydrogens is 272 g/mol. The van der Waals surface area contributed by atoms with Crippen LogP contribution in [0.4, 0.5) is 0 Å². The lowest BCUT2D eigenvalue weighted by molar-refractivity contribution is 0.117. The van der Waals surface area contributed by atoms with Gasteiger partial charge in [-0.05, 0) is 37.8 Å². The lowest BCUT2D eigenvalue weighted by Crippen LogP contribution is -2.25. The van der Waals surface area contributed by atoms with E-state index in [1.807, 2.05) is 12.1 Å². The zero-order valence-corrected chi connectivity index (χ0v) is 13.2. The summed E-state index contributed by atoms with van der Waals surface area (Å²) < 4.78 is 6.07. The van der Waals surface area contributed by atoms with E-state index in [0.29, 0.717) is 23.6 Å². The summed E-state index contributed by atoms with van der Waals surface area (Å²) >= 11 is 6.16. The fourth-order valence-corrected chi connectivity index (χ4v) is 2.96. The van der Waals surface area contributed by atoms with E-state index in [1.54, 1.807) is 0 Å². The quantitative estimate of drug-likeness (QED) is 0.854. The highest BCUT2D eigenvalue weighted by Crippen LogP contribution is 2.29. The average Bonchev–Trinajstić information content (AvgIpc) is 2.48. The molecule has 1 aromatic heterocycles. The first-order valence-electron chi connectivity index (χ1n) is 7.75. The minimum absolute atomic E-state index is 0.314. The Morgan fingerprint density at radius 1 is 1.35 bits per heavy atom. The maximum atomic E-state index is 6.16. The van der Waals surface area contributed by atoms with Gasteiger partial charge in [0, 0.05) is 12.6 Å². The largest absolute Gasteiger partial charge is 0.474 e. The molecule has 1 saturated carbocycles. The topological polar surface area (TPSA) is 34.2 Å². The van der Waals surface area contributed by atoms with Crippen LogP contribution >= 0.6 is 11.6 Å². The molecule has 2 rings (SSSR count). The average molecular weight is 297 g/mol. The summed E-state index contributed by atoms with van der Waals surface area (Å²) in [5.74, 6) is 1.52. The second kappa shape index (κ2) is 7.84. The Balaban J connectivity index is 1.98. The first-order valence-corrected chi connectivity index (χ1v) is 8.13. The summed E-state index contributed by atoms with van der Waals surface area (Å²) in [6.07, 6.45) is 6.47. The van der Waals surface area contributed by atoms with E-state index in [4.69, 9.17) is 16.3 Å². The van der Waals surface area contributed by atoms with Gasteiger partial charge in [0.2, 0.25) is 5.88 Å². The zero-order chi connectivity index (χ0) is 14.4. The van der Waals surface area contributed by atoms with Gasteiger partial charge in [-0.15, -0.1) is 0 Å². The van der Waals surface area contributed by atoms with E-state index in [0.717, 1.165) is 31.0 Å². The minimum Gasteiger partial charge on any atom is -0.474 e. The number of aromatic nitrogens is 1. The molecule has 0 radical (unpaired) electrons. The van der Waals surface area contributed by atoms with Crippen molar-refractivity contribution in [3.63, 3.8) is 0 Å². The molecule has 4 heteroatoms. The number of rotatable bonds is 6. The van der Waals surface area contributed by atoms with Crippen LogP contribution in [0.5, 0.6) is 5.88 Å². The van der Waals surface area contributed by atoms with Crippen molar-refractivity contribution in [1.82, 2.24) is 10.3 Å². The lowest BCUT2D eigenvalue weighted by atomic mass is 9.85. The van der Waals surface area contributed by atoms with Gasteiger partial charge in [-0.2, -0.15) is 0 Å². The van der Waals surface area contributed by atoms with Crippen LogP contribution in [0.3, 0.4) is 0 Å². The SMILES string of the molecule is CCNCc1nc(OC2CCCC(CC)C2)ccc1Cl.